The Labute approximate surface area is 187 Å². The lowest BCUT2D eigenvalue weighted by molar-refractivity contribution is -0.117. The molecule has 0 aromatic heterocycles. The first-order valence-electron chi connectivity index (χ1n) is 10.3. The summed E-state index contributed by atoms with van der Waals surface area (Å²) in [6.07, 6.45) is 2.08. The molecular formula is C26H26N4O2. The second-order valence-electron chi connectivity index (χ2n) is 7.23. The van der Waals surface area contributed by atoms with Crippen LogP contribution >= 0.6 is 0 Å². The summed E-state index contributed by atoms with van der Waals surface area (Å²) >= 11 is 0. The normalized spacial score (nSPS) is 11.3. The lowest BCUT2D eigenvalue weighted by Crippen LogP contribution is -2.25. The van der Waals surface area contributed by atoms with E-state index < -0.39 is 11.8 Å². The number of para-hydroxylation sites is 1. The molecule has 1 unspecified atom stereocenters. The topological polar surface area (TPSA) is 108 Å². The van der Waals surface area contributed by atoms with Crippen molar-refractivity contribution in [2.24, 2.45) is 5.73 Å². The Hall–Kier alpha value is -4.03. The molecule has 0 aliphatic carbocycles. The maximum atomic E-state index is 13.0. The van der Waals surface area contributed by atoms with Crippen LogP contribution < -0.4 is 16.4 Å². The third-order valence-electron chi connectivity index (χ3n) is 5.04. The van der Waals surface area contributed by atoms with Gasteiger partial charge in [0.2, 0.25) is 5.91 Å². The first-order valence-corrected chi connectivity index (χ1v) is 10.3. The van der Waals surface area contributed by atoms with Crippen molar-refractivity contribution >= 4 is 35.0 Å². The third kappa shape index (κ3) is 5.56. The van der Waals surface area contributed by atoms with Gasteiger partial charge in [0.15, 0.2) is 0 Å². The average Bonchev–Trinajstić information content (AvgIpc) is 2.83. The van der Waals surface area contributed by atoms with E-state index in [0.717, 1.165) is 5.56 Å². The van der Waals surface area contributed by atoms with Gasteiger partial charge in [-0.2, -0.15) is 0 Å². The van der Waals surface area contributed by atoms with Crippen molar-refractivity contribution in [1.29, 1.82) is 5.41 Å². The fraction of sp³-hybridized carbons (Fsp3) is 0.115. The Morgan fingerprint density at radius 3 is 2.22 bits per heavy atom. The van der Waals surface area contributed by atoms with E-state index in [2.05, 4.69) is 17.2 Å². The van der Waals surface area contributed by atoms with E-state index in [1.165, 1.54) is 0 Å². The van der Waals surface area contributed by atoms with Crippen molar-refractivity contribution in [2.75, 3.05) is 17.2 Å². The molecule has 5 N–H and O–H groups in total. The summed E-state index contributed by atoms with van der Waals surface area (Å²) in [5.41, 5.74) is 8.48. The molecular weight excluding hydrogens is 400 g/mol. The van der Waals surface area contributed by atoms with E-state index in [1.807, 2.05) is 36.4 Å². The fourth-order valence-corrected chi connectivity index (χ4v) is 3.40. The minimum absolute atomic E-state index is 0.195. The molecule has 32 heavy (non-hydrogen) atoms. The number of anilines is 2. The molecule has 6 nitrogen and oxygen atoms in total. The van der Waals surface area contributed by atoms with Crippen LogP contribution in [0.1, 0.15) is 29.0 Å². The van der Waals surface area contributed by atoms with Crippen molar-refractivity contribution in [2.45, 2.75) is 12.3 Å². The smallest absolute Gasteiger partial charge is 0.274 e. The molecule has 0 aliphatic rings. The second-order valence-corrected chi connectivity index (χ2v) is 7.23. The summed E-state index contributed by atoms with van der Waals surface area (Å²) in [4.78, 5) is 25.6. The Bertz CT molecular complexity index is 1110. The molecule has 3 aromatic rings. The van der Waals surface area contributed by atoms with E-state index in [4.69, 9.17) is 11.1 Å². The zero-order valence-electron chi connectivity index (χ0n) is 17.7. The molecule has 0 spiro atoms. The first-order chi connectivity index (χ1) is 15.5. The second kappa shape index (κ2) is 10.8. The van der Waals surface area contributed by atoms with Gasteiger partial charge in [-0.15, -0.1) is 0 Å². The number of hydrogen-bond donors (Lipinski definition) is 4. The number of carbonyl (C=O) groups is 2. The molecule has 0 fully saturated rings. The largest absolute Gasteiger partial charge is 0.330 e. The number of rotatable bonds is 9. The Morgan fingerprint density at radius 1 is 0.938 bits per heavy atom. The minimum Gasteiger partial charge on any atom is -0.330 e. The lowest BCUT2D eigenvalue weighted by Gasteiger charge is -2.17. The maximum Gasteiger partial charge on any atom is 0.274 e. The van der Waals surface area contributed by atoms with E-state index in [-0.39, 0.29) is 11.6 Å². The molecule has 2 amide bonds. The molecule has 0 saturated carbocycles. The van der Waals surface area contributed by atoms with Crippen LogP contribution in [-0.4, -0.2) is 24.1 Å². The lowest BCUT2D eigenvalue weighted by atomic mass is 9.94. The van der Waals surface area contributed by atoms with E-state index >= 15 is 0 Å². The Kier molecular flexibility index (Phi) is 7.67. The van der Waals surface area contributed by atoms with Gasteiger partial charge >= 0.3 is 0 Å². The number of amides is 2. The Balaban J connectivity index is 1.82. The van der Waals surface area contributed by atoms with Gasteiger partial charge in [-0.05, 0) is 48.4 Å². The van der Waals surface area contributed by atoms with Gasteiger partial charge in [-0.25, -0.2) is 0 Å². The summed E-state index contributed by atoms with van der Waals surface area (Å²) in [6, 6.07) is 23.5. The van der Waals surface area contributed by atoms with Crippen molar-refractivity contribution in [3.8, 4) is 0 Å². The quantitative estimate of drug-likeness (QED) is 0.381. The van der Waals surface area contributed by atoms with Gasteiger partial charge in [0, 0.05) is 16.9 Å². The summed E-state index contributed by atoms with van der Waals surface area (Å²) in [7, 11) is 0. The van der Waals surface area contributed by atoms with Crippen molar-refractivity contribution in [1.82, 2.24) is 0 Å². The maximum absolute atomic E-state index is 13.0. The van der Waals surface area contributed by atoms with Gasteiger partial charge < -0.3 is 16.4 Å². The van der Waals surface area contributed by atoms with Crippen molar-refractivity contribution < 1.29 is 9.59 Å². The van der Waals surface area contributed by atoms with Crippen LogP contribution in [0.4, 0.5) is 11.4 Å². The summed E-state index contributed by atoms with van der Waals surface area (Å²) in [5.74, 6) is -1.14. The van der Waals surface area contributed by atoms with Gasteiger partial charge in [0.1, 0.15) is 5.71 Å². The van der Waals surface area contributed by atoms with E-state index in [9.17, 15) is 9.59 Å². The number of carbonyl (C=O) groups excluding carboxylic acids is 2. The number of nitrogens with two attached hydrogens (primary N) is 1. The van der Waals surface area contributed by atoms with Crippen LogP contribution in [0.2, 0.25) is 0 Å². The Morgan fingerprint density at radius 2 is 1.59 bits per heavy atom. The minimum atomic E-state index is -0.548. The third-order valence-corrected chi connectivity index (χ3v) is 5.04. The summed E-state index contributed by atoms with van der Waals surface area (Å²) in [6.45, 7) is 4.14. The predicted octanol–water partition coefficient (Wildman–Crippen LogP) is 4.41. The standard InChI is InChI=1S/C26H26N4O2/c1-2-18-13-14-21(30-25(31)22(15-16-27)19-9-5-3-6-10-19)17-23(18)24(28)26(32)29-20-11-7-4-8-12-20/h2-14,17,22,28H,1,15-16,27H2,(H,29,32)(H,30,31). The average molecular weight is 427 g/mol. The van der Waals surface area contributed by atoms with E-state index in [1.54, 1.807) is 48.5 Å². The number of nitrogens with one attached hydrogen (secondary N) is 3. The highest BCUT2D eigenvalue weighted by molar-refractivity contribution is 6.48. The number of hydrogen-bond acceptors (Lipinski definition) is 4. The molecule has 1 atom stereocenters. The highest BCUT2D eigenvalue weighted by Crippen LogP contribution is 2.23. The summed E-state index contributed by atoms with van der Waals surface area (Å²) < 4.78 is 0. The molecule has 0 saturated heterocycles. The molecule has 0 aliphatic heterocycles. The van der Waals surface area contributed by atoms with Crippen molar-refractivity contribution in [3.05, 3.63) is 102 Å². The van der Waals surface area contributed by atoms with Crippen LogP contribution in [0.3, 0.4) is 0 Å². The summed E-state index contributed by atoms with van der Waals surface area (Å²) in [5, 5.41) is 14.0. The van der Waals surface area contributed by atoms with Crippen LogP contribution in [0.25, 0.3) is 6.08 Å². The van der Waals surface area contributed by atoms with Crippen molar-refractivity contribution in [3.63, 3.8) is 0 Å². The molecule has 0 heterocycles. The van der Waals surface area contributed by atoms with Crippen LogP contribution in [0.5, 0.6) is 0 Å². The highest BCUT2D eigenvalue weighted by atomic mass is 16.2. The molecule has 6 heteroatoms. The van der Waals surface area contributed by atoms with E-state index in [0.29, 0.717) is 35.5 Å². The van der Waals surface area contributed by atoms with Crippen LogP contribution in [0.15, 0.2) is 85.4 Å². The molecule has 162 valence electrons. The molecule has 0 bridgehead atoms. The van der Waals surface area contributed by atoms with Gasteiger partial charge in [-0.1, -0.05) is 67.3 Å². The van der Waals surface area contributed by atoms with Gasteiger partial charge in [0.05, 0.1) is 5.92 Å². The highest BCUT2D eigenvalue weighted by Gasteiger charge is 2.21. The zero-order chi connectivity index (χ0) is 22.9. The van der Waals surface area contributed by atoms with Crippen LogP contribution in [0, 0.1) is 5.41 Å². The number of benzene rings is 3. The zero-order valence-corrected chi connectivity index (χ0v) is 17.7. The fourth-order valence-electron chi connectivity index (χ4n) is 3.40. The molecule has 3 rings (SSSR count). The molecule has 0 radical (unpaired) electrons. The monoisotopic (exact) mass is 426 g/mol. The van der Waals surface area contributed by atoms with Gasteiger partial charge in [0.25, 0.3) is 5.91 Å². The molecule has 3 aromatic carbocycles. The first kappa shape index (κ1) is 22.7. The SMILES string of the molecule is C=Cc1ccc(NC(=O)C(CCN)c2ccccc2)cc1C(=N)C(=O)Nc1ccccc1. The van der Waals surface area contributed by atoms with Crippen LogP contribution in [-0.2, 0) is 9.59 Å². The van der Waals surface area contributed by atoms with Gasteiger partial charge in [-0.3, -0.25) is 15.0 Å². The predicted molar refractivity (Wildman–Crippen MR) is 130 cm³/mol.